The Balaban J connectivity index is 3.13. The highest BCUT2D eigenvalue weighted by Gasteiger charge is 2.36. The molecule has 0 spiro atoms. The fourth-order valence-electron chi connectivity index (χ4n) is 1.47. The molecule has 0 aliphatic heterocycles. The highest BCUT2D eigenvalue weighted by Crippen LogP contribution is 2.39. The second-order valence-electron chi connectivity index (χ2n) is 3.83. The lowest BCUT2D eigenvalue weighted by Gasteiger charge is -2.16. The number of halogens is 4. The molecule has 118 valence electrons. The highest BCUT2D eigenvalue weighted by atomic mass is 32.2. The van der Waals surface area contributed by atoms with E-state index in [0.29, 0.717) is 12.1 Å². The van der Waals surface area contributed by atoms with Crippen LogP contribution in [0, 0.1) is 5.82 Å². The smallest absolute Gasteiger partial charge is 0.420 e. The van der Waals surface area contributed by atoms with Gasteiger partial charge in [0.25, 0.3) is 0 Å². The minimum atomic E-state index is -5.01. The molecular formula is C11H9F4O5S-. The molecule has 0 aliphatic rings. The molecule has 0 heterocycles. The summed E-state index contributed by atoms with van der Waals surface area (Å²) in [5.74, 6) is -3.54. The van der Waals surface area contributed by atoms with E-state index in [2.05, 4.69) is 8.92 Å². The second kappa shape index (κ2) is 6.85. The van der Waals surface area contributed by atoms with Gasteiger partial charge < -0.3 is 13.5 Å². The molecule has 0 N–H and O–H groups in total. The number of carbonyl (C=O) groups excluding carboxylic acids is 1. The number of carbonyl (C=O) groups is 1. The molecule has 1 aromatic rings. The predicted octanol–water partition coefficient (Wildman–Crippen LogP) is 2.12. The molecule has 0 aromatic heterocycles. The molecule has 1 unspecified atom stereocenters. The normalized spacial score (nSPS) is 12.9. The van der Waals surface area contributed by atoms with Crippen molar-refractivity contribution in [2.45, 2.75) is 19.5 Å². The van der Waals surface area contributed by atoms with Crippen LogP contribution >= 0.6 is 0 Å². The zero-order chi connectivity index (χ0) is 16.2. The van der Waals surface area contributed by atoms with Crippen LogP contribution in [0.15, 0.2) is 12.1 Å². The van der Waals surface area contributed by atoms with E-state index in [-0.39, 0.29) is 18.6 Å². The standard InChI is InChI=1S/C11H10F4O5S/c1-6(16)19-3-2-7-4-8(11(13,14)15)10(9(12)5-7)20-21(17)18/h4-5H,2-3H2,1H3,(H,17,18)/p-1. The minimum Gasteiger partial charge on any atom is -0.740 e. The van der Waals surface area contributed by atoms with E-state index >= 15 is 0 Å². The van der Waals surface area contributed by atoms with Crippen LogP contribution in [0.2, 0.25) is 0 Å². The number of hydrogen-bond donors (Lipinski definition) is 0. The van der Waals surface area contributed by atoms with Gasteiger partial charge >= 0.3 is 12.1 Å². The predicted molar refractivity (Wildman–Crippen MR) is 61.3 cm³/mol. The Morgan fingerprint density at radius 2 is 2.00 bits per heavy atom. The SMILES string of the molecule is CC(=O)OCCc1cc(F)c(OS(=O)[O-])c(C(F)(F)F)c1. The largest absolute Gasteiger partial charge is 0.740 e. The molecule has 0 aliphatic carbocycles. The van der Waals surface area contributed by atoms with Crippen LogP contribution in [-0.2, 0) is 33.5 Å². The number of rotatable bonds is 5. The lowest BCUT2D eigenvalue weighted by atomic mass is 10.1. The molecule has 0 radical (unpaired) electrons. The van der Waals surface area contributed by atoms with Crippen molar-refractivity contribution in [2.24, 2.45) is 0 Å². The Morgan fingerprint density at radius 1 is 1.38 bits per heavy atom. The Hall–Kier alpha value is -1.68. The molecule has 1 rings (SSSR count). The molecule has 1 atom stereocenters. The minimum absolute atomic E-state index is 0.120. The van der Waals surface area contributed by atoms with Crippen molar-refractivity contribution >= 4 is 17.3 Å². The van der Waals surface area contributed by atoms with Gasteiger partial charge in [0.1, 0.15) is 16.9 Å². The van der Waals surface area contributed by atoms with E-state index < -0.39 is 40.6 Å². The zero-order valence-electron chi connectivity index (χ0n) is 10.5. The van der Waals surface area contributed by atoms with Gasteiger partial charge in [-0.3, -0.25) is 4.79 Å². The monoisotopic (exact) mass is 329 g/mol. The van der Waals surface area contributed by atoms with Gasteiger partial charge in [-0.25, -0.2) is 8.60 Å². The lowest BCUT2D eigenvalue weighted by molar-refractivity contribution is -0.141. The lowest BCUT2D eigenvalue weighted by Crippen LogP contribution is -2.13. The first-order chi connectivity index (χ1) is 9.61. The van der Waals surface area contributed by atoms with Crippen molar-refractivity contribution in [3.8, 4) is 5.75 Å². The average Bonchev–Trinajstić information content (AvgIpc) is 2.29. The Labute approximate surface area is 119 Å². The molecule has 0 bridgehead atoms. The summed E-state index contributed by atoms with van der Waals surface area (Å²) in [5, 5.41) is 0. The van der Waals surface area contributed by atoms with E-state index in [0.717, 1.165) is 6.92 Å². The number of benzene rings is 1. The summed E-state index contributed by atoms with van der Waals surface area (Å²) in [5.41, 5.74) is -1.69. The molecule has 21 heavy (non-hydrogen) atoms. The molecule has 0 saturated heterocycles. The molecule has 0 amide bonds. The first-order valence-electron chi connectivity index (χ1n) is 5.42. The Bertz CT molecular complexity index is 558. The molecular weight excluding hydrogens is 320 g/mol. The van der Waals surface area contributed by atoms with Gasteiger partial charge in [0.05, 0.1) is 6.61 Å². The quantitative estimate of drug-likeness (QED) is 0.470. The third kappa shape index (κ3) is 5.31. The summed E-state index contributed by atoms with van der Waals surface area (Å²) in [7, 11) is 0. The number of hydrogen-bond acceptors (Lipinski definition) is 5. The van der Waals surface area contributed by atoms with E-state index in [1.54, 1.807) is 0 Å². The van der Waals surface area contributed by atoms with Crippen molar-refractivity contribution in [3.63, 3.8) is 0 Å². The van der Waals surface area contributed by atoms with Gasteiger partial charge in [-0.15, -0.1) is 0 Å². The maximum absolute atomic E-state index is 13.6. The summed E-state index contributed by atoms with van der Waals surface area (Å²) in [4.78, 5) is 10.5. The summed E-state index contributed by atoms with van der Waals surface area (Å²) in [6, 6.07) is 1.22. The van der Waals surface area contributed by atoms with Gasteiger partial charge in [-0.05, 0) is 17.7 Å². The molecule has 10 heteroatoms. The summed E-state index contributed by atoms with van der Waals surface area (Å²) in [6.07, 6.45) is -5.17. The van der Waals surface area contributed by atoms with Crippen LogP contribution in [-0.4, -0.2) is 21.3 Å². The Morgan fingerprint density at radius 3 is 2.48 bits per heavy atom. The molecule has 5 nitrogen and oxygen atoms in total. The van der Waals surface area contributed by atoms with Crippen molar-refractivity contribution in [1.82, 2.24) is 0 Å². The maximum Gasteiger partial charge on any atom is 0.420 e. The number of ether oxygens (including phenoxy) is 1. The van der Waals surface area contributed by atoms with Crippen LogP contribution in [0.4, 0.5) is 17.6 Å². The summed E-state index contributed by atoms with van der Waals surface area (Å²) in [6.45, 7) is 0.877. The maximum atomic E-state index is 13.6. The van der Waals surface area contributed by atoms with Crippen molar-refractivity contribution < 1.29 is 40.0 Å². The van der Waals surface area contributed by atoms with Crippen LogP contribution < -0.4 is 4.18 Å². The fraction of sp³-hybridized carbons (Fsp3) is 0.364. The number of alkyl halides is 3. The van der Waals surface area contributed by atoms with Gasteiger partial charge in [-0.2, -0.15) is 13.2 Å². The highest BCUT2D eigenvalue weighted by molar-refractivity contribution is 7.74. The third-order valence-corrected chi connectivity index (χ3v) is 2.56. The van der Waals surface area contributed by atoms with E-state index in [1.807, 2.05) is 0 Å². The average molecular weight is 329 g/mol. The van der Waals surface area contributed by atoms with Gasteiger partial charge in [0.2, 0.25) is 0 Å². The molecule has 0 saturated carbocycles. The second-order valence-corrected chi connectivity index (χ2v) is 4.40. The first kappa shape index (κ1) is 17.4. The first-order valence-corrected chi connectivity index (χ1v) is 6.42. The molecule has 0 fully saturated rings. The van der Waals surface area contributed by atoms with Crippen LogP contribution in [0.1, 0.15) is 18.1 Å². The third-order valence-electron chi connectivity index (χ3n) is 2.26. The molecule has 1 aromatic carbocycles. The van der Waals surface area contributed by atoms with Gasteiger partial charge in [-0.1, -0.05) is 0 Å². The summed E-state index contributed by atoms with van der Waals surface area (Å²) < 4.78 is 80.9. The van der Waals surface area contributed by atoms with E-state index in [9.17, 15) is 31.1 Å². The zero-order valence-corrected chi connectivity index (χ0v) is 11.3. The van der Waals surface area contributed by atoms with Crippen LogP contribution in [0.5, 0.6) is 5.75 Å². The van der Waals surface area contributed by atoms with Crippen molar-refractivity contribution in [3.05, 3.63) is 29.1 Å². The summed E-state index contributed by atoms with van der Waals surface area (Å²) >= 11 is -3.35. The van der Waals surface area contributed by atoms with Gasteiger partial charge in [0.15, 0.2) is 11.6 Å². The van der Waals surface area contributed by atoms with E-state index in [4.69, 9.17) is 0 Å². The fourth-order valence-corrected chi connectivity index (χ4v) is 1.78. The topological polar surface area (TPSA) is 75.7 Å². The van der Waals surface area contributed by atoms with Crippen LogP contribution in [0.25, 0.3) is 0 Å². The number of esters is 1. The van der Waals surface area contributed by atoms with Crippen molar-refractivity contribution in [2.75, 3.05) is 6.61 Å². The Kier molecular flexibility index (Phi) is 5.67. The van der Waals surface area contributed by atoms with Crippen LogP contribution in [0.3, 0.4) is 0 Å². The van der Waals surface area contributed by atoms with Crippen molar-refractivity contribution in [1.29, 1.82) is 0 Å². The van der Waals surface area contributed by atoms with E-state index in [1.165, 1.54) is 0 Å². The van der Waals surface area contributed by atoms with Gasteiger partial charge in [0, 0.05) is 13.3 Å².